The Morgan fingerprint density at radius 1 is 1.20 bits per heavy atom. The zero-order chi connectivity index (χ0) is 14.5. The van der Waals surface area contributed by atoms with Gasteiger partial charge < -0.3 is 5.73 Å². The van der Waals surface area contributed by atoms with Crippen molar-refractivity contribution in [1.82, 2.24) is 0 Å². The van der Waals surface area contributed by atoms with Crippen molar-refractivity contribution >= 4 is 0 Å². The number of hydrogen-bond donors (Lipinski definition) is 1. The van der Waals surface area contributed by atoms with E-state index in [9.17, 15) is 8.78 Å². The lowest BCUT2D eigenvalue weighted by Crippen LogP contribution is -2.35. The van der Waals surface area contributed by atoms with Gasteiger partial charge in [-0.15, -0.1) is 0 Å². The monoisotopic (exact) mass is 281 g/mol. The Bertz CT molecular complexity index is 425. The molecule has 0 aliphatic heterocycles. The maximum atomic E-state index is 13.6. The Hall–Kier alpha value is -0.960. The minimum Gasteiger partial charge on any atom is -0.327 e. The van der Waals surface area contributed by atoms with Gasteiger partial charge in [0, 0.05) is 6.04 Å². The quantitative estimate of drug-likeness (QED) is 0.848. The summed E-state index contributed by atoms with van der Waals surface area (Å²) in [7, 11) is 0. The summed E-state index contributed by atoms with van der Waals surface area (Å²) < 4.78 is 26.8. The van der Waals surface area contributed by atoms with Gasteiger partial charge in [0.15, 0.2) is 0 Å². The summed E-state index contributed by atoms with van der Waals surface area (Å²) in [4.78, 5) is 0. The number of hydrogen-bond acceptors (Lipinski definition) is 1. The smallest absolute Gasteiger partial charge is 0.126 e. The molecular formula is C17H25F2N. The standard InChI is InChI=1S/C17H25F2N/c1-2-3-12-4-6-13(7-5-12)17(20)11-14-10-15(18)8-9-16(14)19/h8-10,12-13,17H,2-7,11,20H2,1H3. The van der Waals surface area contributed by atoms with Crippen molar-refractivity contribution in [2.75, 3.05) is 0 Å². The van der Waals surface area contributed by atoms with Crippen LogP contribution in [0, 0.1) is 23.5 Å². The lowest BCUT2D eigenvalue weighted by atomic mass is 9.76. The molecule has 0 aromatic heterocycles. The highest BCUT2D eigenvalue weighted by Crippen LogP contribution is 2.33. The molecule has 1 aliphatic carbocycles. The second-order valence-corrected chi connectivity index (χ2v) is 6.17. The molecule has 0 saturated heterocycles. The number of rotatable bonds is 5. The van der Waals surface area contributed by atoms with E-state index in [4.69, 9.17) is 5.73 Å². The molecule has 3 heteroatoms. The summed E-state index contributed by atoms with van der Waals surface area (Å²) in [5.41, 5.74) is 6.64. The summed E-state index contributed by atoms with van der Waals surface area (Å²) in [6.07, 6.45) is 7.71. The van der Waals surface area contributed by atoms with Crippen molar-refractivity contribution in [3.63, 3.8) is 0 Å². The molecule has 1 atom stereocenters. The molecule has 0 amide bonds. The van der Waals surface area contributed by atoms with Crippen LogP contribution in [0.5, 0.6) is 0 Å². The minimum atomic E-state index is -0.389. The summed E-state index contributed by atoms with van der Waals surface area (Å²) >= 11 is 0. The molecule has 0 spiro atoms. The zero-order valence-corrected chi connectivity index (χ0v) is 12.2. The molecule has 20 heavy (non-hydrogen) atoms. The Morgan fingerprint density at radius 2 is 1.90 bits per heavy atom. The maximum absolute atomic E-state index is 13.6. The topological polar surface area (TPSA) is 26.0 Å². The fraction of sp³-hybridized carbons (Fsp3) is 0.647. The van der Waals surface area contributed by atoms with Gasteiger partial charge in [-0.2, -0.15) is 0 Å². The van der Waals surface area contributed by atoms with Crippen LogP contribution in [0.4, 0.5) is 8.78 Å². The number of halogens is 2. The molecule has 2 N–H and O–H groups in total. The van der Waals surface area contributed by atoms with E-state index < -0.39 is 0 Å². The van der Waals surface area contributed by atoms with Crippen LogP contribution in [-0.2, 0) is 6.42 Å². The van der Waals surface area contributed by atoms with Crippen LogP contribution in [0.3, 0.4) is 0 Å². The SMILES string of the molecule is CCCC1CCC(C(N)Cc2cc(F)ccc2F)CC1. The summed E-state index contributed by atoms with van der Waals surface area (Å²) in [6.45, 7) is 2.23. The van der Waals surface area contributed by atoms with Gasteiger partial charge in [-0.1, -0.05) is 32.6 Å². The van der Waals surface area contributed by atoms with Gasteiger partial charge >= 0.3 is 0 Å². The lowest BCUT2D eigenvalue weighted by Gasteiger charge is -2.32. The first kappa shape index (κ1) is 15.4. The minimum absolute atomic E-state index is 0.0612. The highest BCUT2D eigenvalue weighted by atomic mass is 19.1. The first-order valence-electron chi connectivity index (χ1n) is 7.79. The molecule has 0 bridgehead atoms. The Kier molecular flexibility index (Phi) is 5.53. The van der Waals surface area contributed by atoms with E-state index >= 15 is 0 Å². The third-order valence-corrected chi connectivity index (χ3v) is 4.66. The third-order valence-electron chi connectivity index (χ3n) is 4.66. The van der Waals surface area contributed by atoms with Gasteiger partial charge in [0.1, 0.15) is 11.6 Å². The molecule has 112 valence electrons. The Labute approximate surface area is 120 Å². The van der Waals surface area contributed by atoms with E-state index in [1.54, 1.807) is 0 Å². The molecule has 2 rings (SSSR count). The van der Waals surface area contributed by atoms with E-state index in [0.29, 0.717) is 17.9 Å². The van der Waals surface area contributed by atoms with E-state index in [1.807, 2.05) is 0 Å². The largest absolute Gasteiger partial charge is 0.327 e. The van der Waals surface area contributed by atoms with Gasteiger partial charge in [-0.25, -0.2) is 8.78 Å². The molecule has 1 aromatic rings. The maximum Gasteiger partial charge on any atom is 0.126 e. The first-order valence-corrected chi connectivity index (χ1v) is 7.79. The lowest BCUT2D eigenvalue weighted by molar-refractivity contribution is 0.232. The van der Waals surface area contributed by atoms with Gasteiger partial charge in [0.2, 0.25) is 0 Å². The predicted molar refractivity (Wildman–Crippen MR) is 78.4 cm³/mol. The van der Waals surface area contributed by atoms with Crippen LogP contribution < -0.4 is 5.73 Å². The fourth-order valence-corrected chi connectivity index (χ4v) is 3.43. The van der Waals surface area contributed by atoms with Crippen molar-refractivity contribution in [1.29, 1.82) is 0 Å². The summed E-state index contributed by atoms with van der Waals surface area (Å²) in [5, 5.41) is 0. The molecule has 0 heterocycles. The van der Waals surface area contributed by atoms with Crippen LogP contribution in [-0.4, -0.2) is 6.04 Å². The van der Waals surface area contributed by atoms with E-state index in [2.05, 4.69) is 6.92 Å². The van der Waals surface area contributed by atoms with Crippen molar-refractivity contribution in [2.45, 2.75) is 57.9 Å². The van der Waals surface area contributed by atoms with Gasteiger partial charge in [0.25, 0.3) is 0 Å². The second kappa shape index (κ2) is 7.16. The van der Waals surface area contributed by atoms with E-state index in [-0.39, 0.29) is 17.7 Å². The average molecular weight is 281 g/mol. The molecule has 1 nitrogen and oxygen atoms in total. The van der Waals surface area contributed by atoms with Gasteiger partial charge in [-0.05, 0) is 54.9 Å². The van der Waals surface area contributed by atoms with E-state index in [0.717, 1.165) is 24.8 Å². The number of nitrogens with two attached hydrogens (primary N) is 1. The highest BCUT2D eigenvalue weighted by Gasteiger charge is 2.25. The highest BCUT2D eigenvalue weighted by molar-refractivity contribution is 5.20. The molecule has 1 aromatic carbocycles. The molecule has 1 aliphatic rings. The average Bonchev–Trinajstić information content (AvgIpc) is 2.44. The van der Waals surface area contributed by atoms with Gasteiger partial charge in [0.05, 0.1) is 0 Å². The molecule has 1 fully saturated rings. The normalized spacial score (nSPS) is 24.6. The van der Waals surface area contributed by atoms with Crippen molar-refractivity contribution in [2.24, 2.45) is 17.6 Å². The molecule has 0 radical (unpaired) electrons. The van der Waals surface area contributed by atoms with Crippen LogP contribution in [0.2, 0.25) is 0 Å². The Morgan fingerprint density at radius 3 is 2.55 bits per heavy atom. The third kappa shape index (κ3) is 4.02. The van der Waals surface area contributed by atoms with Crippen molar-refractivity contribution in [3.05, 3.63) is 35.4 Å². The summed E-state index contributed by atoms with van der Waals surface area (Å²) in [5.74, 6) is 0.557. The predicted octanol–water partition coefficient (Wildman–Crippen LogP) is 4.44. The van der Waals surface area contributed by atoms with Crippen molar-refractivity contribution < 1.29 is 8.78 Å². The molecular weight excluding hydrogens is 256 g/mol. The van der Waals surface area contributed by atoms with Crippen LogP contribution >= 0.6 is 0 Å². The fourth-order valence-electron chi connectivity index (χ4n) is 3.43. The van der Waals surface area contributed by atoms with Crippen LogP contribution in [0.15, 0.2) is 18.2 Å². The zero-order valence-electron chi connectivity index (χ0n) is 12.2. The number of benzene rings is 1. The van der Waals surface area contributed by atoms with Crippen LogP contribution in [0.25, 0.3) is 0 Å². The summed E-state index contributed by atoms with van der Waals surface area (Å²) in [6, 6.07) is 3.56. The molecule has 1 saturated carbocycles. The van der Waals surface area contributed by atoms with Crippen LogP contribution in [0.1, 0.15) is 51.0 Å². The van der Waals surface area contributed by atoms with Gasteiger partial charge in [-0.3, -0.25) is 0 Å². The van der Waals surface area contributed by atoms with E-state index in [1.165, 1.54) is 37.8 Å². The second-order valence-electron chi connectivity index (χ2n) is 6.17. The molecule has 1 unspecified atom stereocenters. The Balaban J connectivity index is 1.89. The van der Waals surface area contributed by atoms with Crippen molar-refractivity contribution in [3.8, 4) is 0 Å². The first-order chi connectivity index (χ1) is 9.60.